The minimum Gasteiger partial charge on any atom is -0.258 e. The summed E-state index contributed by atoms with van der Waals surface area (Å²) in [6.07, 6.45) is 0.208. The van der Waals surface area contributed by atoms with Gasteiger partial charge in [0.1, 0.15) is 0 Å². The first-order valence-corrected chi connectivity index (χ1v) is 4.70. The molecule has 4 heteroatoms. The zero-order valence-electron chi connectivity index (χ0n) is 8.73. The van der Waals surface area contributed by atoms with Crippen LogP contribution in [0.15, 0.2) is 18.2 Å². The van der Waals surface area contributed by atoms with E-state index >= 15 is 0 Å². The second kappa shape index (κ2) is 4.56. The number of hydrogen-bond donors (Lipinski definition) is 0. The average Bonchev–Trinajstić information content (AvgIpc) is 2.17. The van der Waals surface area contributed by atoms with E-state index in [0.717, 1.165) is 0 Å². The van der Waals surface area contributed by atoms with Gasteiger partial charge >= 0.3 is 0 Å². The largest absolute Gasteiger partial charge is 0.273 e. The van der Waals surface area contributed by atoms with Crippen molar-refractivity contribution < 1.29 is 4.92 Å². The molecule has 0 aliphatic heterocycles. The number of nitrogens with zero attached hydrogens (tertiary/aromatic N) is 2. The van der Waals surface area contributed by atoms with Crippen molar-refractivity contribution >= 4 is 5.69 Å². The summed E-state index contributed by atoms with van der Waals surface area (Å²) in [4.78, 5) is 10.4. The molecular weight excluding hydrogens is 192 g/mol. The van der Waals surface area contributed by atoms with E-state index in [2.05, 4.69) is 0 Å². The topological polar surface area (TPSA) is 66.9 Å². The monoisotopic (exact) mass is 204 g/mol. The van der Waals surface area contributed by atoms with Crippen LogP contribution in [0.4, 0.5) is 5.69 Å². The molecule has 0 unspecified atom stereocenters. The van der Waals surface area contributed by atoms with E-state index in [4.69, 9.17) is 5.26 Å². The molecule has 0 aliphatic rings. The number of rotatable bonds is 3. The summed E-state index contributed by atoms with van der Waals surface area (Å²) in [5, 5.41) is 19.3. The molecule has 1 rings (SSSR count). The first kappa shape index (κ1) is 11.2. The van der Waals surface area contributed by atoms with Gasteiger partial charge in [-0.1, -0.05) is 26.0 Å². The maximum absolute atomic E-state index is 10.8. The van der Waals surface area contributed by atoms with E-state index < -0.39 is 4.92 Å². The molecule has 15 heavy (non-hydrogen) atoms. The molecule has 4 nitrogen and oxygen atoms in total. The van der Waals surface area contributed by atoms with Crippen molar-refractivity contribution in [2.75, 3.05) is 0 Å². The lowest BCUT2D eigenvalue weighted by atomic mass is 9.98. The predicted octanol–water partition coefficient (Wildman–Crippen LogP) is 2.78. The summed E-state index contributed by atoms with van der Waals surface area (Å²) in [5.74, 6) is 0.113. The van der Waals surface area contributed by atoms with E-state index in [-0.39, 0.29) is 18.0 Å². The van der Waals surface area contributed by atoms with Crippen molar-refractivity contribution in [3.05, 3.63) is 39.4 Å². The van der Waals surface area contributed by atoms with Crippen LogP contribution in [0.1, 0.15) is 30.9 Å². The Balaban J connectivity index is 3.22. The zero-order valence-corrected chi connectivity index (χ0v) is 8.73. The lowest BCUT2D eigenvalue weighted by Crippen LogP contribution is -1.98. The van der Waals surface area contributed by atoms with Gasteiger partial charge in [0, 0.05) is 11.6 Å². The van der Waals surface area contributed by atoms with Gasteiger partial charge in [0.2, 0.25) is 0 Å². The molecule has 78 valence electrons. The Kier molecular flexibility index (Phi) is 3.40. The highest BCUT2D eigenvalue weighted by molar-refractivity contribution is 5.45. The Hall–Kier alpha value is -1.89. The zero-order chi connectivity index (χ0) is 11.4. The molecule has 0 bridgehead atoms. The van der Waals surface area contributed by atoms with Crippen molar-refractivity contribution in [2.24, 2.45) is 0 Å². The molecule has 1 aromatic carbocycles. The Morgan fingerprint density at radius 3 is 2.67 bits per heavy atom. The van der Waals surface area contributed by atoms with Crippen LogP contribution in [0, 0.1) is 21.4 Å². The minimum absolute atomic E-state index is 0.109. The fourth-order valence-electron chi connectivity index (χ4n) is 1.44. The quantitative estimate of drug-likeness (QED) is 0.561. The Morgan fingerprint density at radius 2 is 2.20 bits per heavy atom. The van der Waals surface area contributed by atoms with E-state index in [1.807, 2.05) is 19.9 Å². The van der Waals surface area contributed by atoms with Gasteiger partial charge in [0.25, 0.3) is 5.69 Å². The number of nitro groups is 1. The molecule has 0 N–H and O–H groups in total. The van der Waals surface area contributed by atoms with Crippen molar-refractivity contribution in [1.82, 2.24) is 0 Å². The summed E-state index contributed by atoms with van der Waals surface area (Å²) >= 11 is 0. The van der Waals surface area contributed by atoms with Crippen LogP contribution in [0.2, 0.25) is 0 Å². The first-order chi connectivity index (χ1) is 7.06. The average molecular weight is 204 g/mol. The smallest absolute Gasteiger partial charge is 0.258 e. The Bertz CT molecular complexity index is 419. The van der Waals surface area contributed by atoms with Crippen molar-refractivity contribution in [1.29, 1.82) is 5.26 Å². The summed E-state index contributed by atoms with van der Waals surface area (Å²) in [7, 11) is 0. The van der Waals surface area contributed by atoms with Crippen LogP contribution < -0.4 is 0 Å². The third-order valence-electron chi connectivity index (χ3n) is 2.20. The Labute approximate surface area is 88.3 Å². The summed E-state index contributed by atoms with van der Waals surface area (Å²) in [6, 6.07) is 6.96. The SMILES string of the molecule is CC(C)c1ccc(CC#N)cc1[N+](=O)[O-]. The van der Waals surface area contributed by atoms with Crippen LogP contribution in [-0.4, -0.2) is 4.92 Å². The van der Waals surface area contributed by atoms with E-state index in [1.165, 1.54) is 6.07 Å². The normalized spacial score (nSPS) is 10.0. The van der Waals surface area contributed by atoms with Crippen LogP contribution in [0.25, 0.3) is 0 Å². The molecular formula is C11H12N2O2. The third-order valence-corrected chi connectivity index (χ3v) is 2.20. The van der Waals surface area contributed by atoms with Gasteiger partial charge in [0.05, 0.1) is 17.4 Å². The standard InChI is InChI=1S/C11H12N2O2/c1-8(2)10-4-3-9(5-6-12)7-11(10)13(14)15/h3-4,7-8H,5H2,1-2H3. The fraction of sp³-hybridized carbons (Fsp3) is 0.364. The predicted molar refractivity (Wildman–Crippen MR) is 56.5 cm³/mol. The molecule has 0 aromatic heterocycles. The molecule has 0 saturated heterocycles. The number of nitro benzene ring substituents is 1. The van der Waals surface area contributed by atoms with Gasteiger partial charge in [-0.05, 0) is 11.5 Å². The van der Waals surface area contributed by atoms with Crippen molar-refractivity contribution in [2.45, 2.75) is 26.2 Å². The van der Waals surface area contributed by atoms with Gasteiger partial charge in [-0.25, -0.2) is 0 Å². The summed E-state index contributed by atoms with van der Waals surface area (Å²) in [6.45, 7) is 3.82. The number of benzene rings is 1. The van der Waals surface area contributed by atoms with Crippen LogP contribution >= 0.6 is 0 Å². The van der Waals surface area contributed by atoms with Crippen LogP contribution in [-0.2, 0) is 6.42 Å². The minimum atomic E-state index is -0.393. The molecule has 0 heterocycles. The molecule has 0 atom stereocenters. The molecule has 0 fully saturated rings. The highest BCUT2D eigenvalue weighted by atomic mass is 16.6. The molecule has 0 saturated carbocycles. The van der Waals surface area contributed by atoms with E-state index in [1.54, 1.807) is 12.1 Å². The van der Waals surface area contributed by atoms with Gasteiger partial charge in [-0.2, -0.15) is 5.26 Å². The maximum Gasteiger partial charge on any atom is 0.273 e. The van der Waals surface area contributed by atoms with Crippen LogP contribution in [0.5, 0.6) is 0 Å². The Morgan fingerprint density at radius 1 is 1.53 bits per heavy atom. The highest BCUT2D eigenvalue weighted by Gasteiger charge is 2.16. The molecule has 0 radical (unpaired) electrons. The number of nitriles is 1. The van der Waals surface area contributed by atoms with Gasteiger partial charge < -0.3 is 0 Å². The summed E-state index contributed by atoms with van der Waals surface area (Å²) in [5.41, 5.74) is 1.51. The second-order valence-corrected chi connectivity index (χ2v) is 3.64. The highest BCUT2D eigenvalue weighted by Crippen LogP contribution is 2.27. The van der Waals surface area contributed by atoms with Crippen LogP contribution in [0.3, 0.4) is 0 Å². The third kappa shape index (κ3) is 2.53. The second-order valence-electron chi connectivity index (χ2n) is 3.64. The molecule has 0 amide bonds. The van der Waals surface area contributed by atoms with Gasteiger partial charge in [-0.15, -0.1) is 0 Å². The first-order valence-electron chi connectivity index (χ1n) is 4.70. The van der Waals surface area contributed by atoms with Crippen molar-refractivity contribution in [3.63, 3.8) is 0 Å². The van der Waals surface area contributed by atoms with Crippen molar-refractivity contribution in [3.8, 4) is 6.07 Å². The fourth-order valence-corrected chi connectivity index (χ4v) is 1.44. The molecule has 0 spiro atoms. The van der Waals surface area contributed by atoms with Gasteiger partial charge in [-0.3, -0.25) is 10.1 Å². The molecule has 0 aliphatic carbocycles. The van der Waals surface area contributed by atoms with E-state index in [9.17, 15) is 10.1 Å². The van der Waals surface area contributed by atoms with Gasteiger partial charge in [0.15, 0.2) is 0 Å². The number of hydrogen-bond acceptors (Lipinski definition) is 3. The molecule has 1 aromatic rings. The maximum atomic E-state index is 10.8. The van der Waals surface area contributed by atoms with E-state index in [0.29, 0.717) is 11.1 Å². The lowest BCUT2D eigenvalue weighted by molar-refractivity contribution is -0.385. The lowest BCUT2D eigenvalue weighted by Gasteiger charge is -2.06. The summed E-state index contributed by atoms with van der Waals surface area (Å²) < 4.78 is 0.